The Hall–Kier alpha value is -1.00. The maximum absolute atomic E-state index is 12.4. The molecule has 1 atom stereocenters. The van der Waals surface area contributed by atoms with Crippen molar-refractivity contribution in [1.29, 1.82) is 0 Å². The molecule has 110 valence electrons. The van der Waals surface area contributed by atoms with E-state index in [1.807, 2.05) is 0 Å². The monoisotopic (exact) mass is 292 g/mol. The first-order chi connectivity index (χ1) is 9.70. The highest BCUT2D eigenvalue weighted by Crippen LogP contribution is 2.20. The molecule has 0 aliphatic carbocycles. The first-order valence-corrected chi connectivity index (χ1v) is 8.39. The molecule has 0 aromatic heterocycles. The van der Waals surface area contributed by atoms with Crippen molar-refractivity contribution >= 4 is 17.7 Å². The summed E-state index contributed by atoms with van der Waals surface area (Å²) in [5.74, 6) is 0.811. The minimum absolute atomic E-state index is 0.270. The fraction of sp³-hybridized carbons (Fsp3) is 0.562. The quantitative estimate of drug-likeness (QED) is 0.818. The summed E-state index contributed by atoms with van der Waals surface area (Å²) in [5, 5.41) is 3.35. The standard InChI is InChI=1S/C16H24N2OS/c1-3-10-18(14-8-9-17-11-14)16(19)12-20-15-6-4-13(2)5-7-15/h4-7,14,17H,3,8-12H2,1-2H3. The van der Waals surface area contributed by atoms with E-state index in [-0.39, 0.29) is 5.91 Å². The van der Waals surface area contributed by atoms with Gasteiger partial charge in [-0.15, -0.1) is 11.8 Å². The molecule has 0 bridgehead atoms. The van der Waals surface area contributed by atoms with Gasteiger partial charge in [0.1, 0.15) is 0 Å². The summed E-state index contributed by atoms with van der Waals surface area (Å²) in [6.07, 6.45) is 2.11. The highest BCUT2D eigenvalue weighted by atomic mass is 32.2. The largest absolute Gasteiger partial charge is 0.338 e. The Balaban J connectivity index is 1.89. The maximum Gasteiger partial charge on any atom is 0.233 e. The number of amides is 1. The second kappa shape index (κ2) is 7.70. The molecule has 0 radical (unpaired) electrons. The maximum atomic E-state index is 12.4. The second-order valence-electron chi connectivity index (χ2n) is 5.34. The lowest BCUT2D eigenvalue weighted by Gasteiger charge is -2.28. The van der Waals surface area contributed by atoms with E-state index in [0.29, 0.717) is 11.8 Å². The fourth-order valence-electron chi connectivity index (χ4n) is 2.52. The molecule has 1 aliphatic rings. The van der Waals surface area contributed by atoms with E-state index in [1.54, 1.807) is 11.8 Å². The van der Waals surface area contributed by atoms with Gasteiger partial charge in [0.05, 0.1) is 5.75 Å². The molecule has 20 heavy (non-hydrogen) atoms. The van der Waals surface area contributed by atoms with Gasteiger partial charge in [0.15, 0.2) is 0 Å². The van der Waals surface area contributed by atoms with E-state index in [1.165, 1.54) is 10.5 Å². The van der Waals surface area contributed by atoms with Gasteiger partial charge in [-0.3, -0.25) is 4.79 Å². The average molecular weight is 292 g/mol. The predicted molar refractivity (Wildman–Crippen MR) is 85.2 cm³/mol. The molecular formula is C16H24N2OS. The number of benzene rings is 1. The molecule has 1 aromatic carbocycles. The van der Waals surface area contributed by atoms with Crippen LogP contribution in [0.15, 0.2) is 29.2 Å². The van der Waals surface area contributed by atoms with Crippen LogP contribution in [-0.4, -0.2) is 42.2 Å². The molecule has 1 aliphatic heterocycles. The predicted octanol–water partition coefficient (Wildman–Crippen LogP) is 2.69. The Morgan fingerprint density at radius 1 is 1.40 bits per heavy atom. The smallest absolute Gasteiger partial charge is 0.233 e. The van der Waals surface area contributed by atoms with Gasteiger partial charge in [0.2, 0.25) is 5.91 Å². The number of rotatable bonds is 6. The van der Waals surface area contributed by atoms with Crippen LogP contribution in [-0.2, 0) is 4.79 Å². The minimum atomic E-state index is 0.270. The Morgan fingerprint density at radius 2 is 2.15 bits per heavy atom. The number of nitrogens with zero attached hydrogens (tertiary/aromatic N) is 1. The zero-order valence-corrected chi connectivity index (χ0v) is 13.2. The Bertz CT molecular complexity index is 427. The number of carbonyl (C=O) groups excluding carboxylic acids is 1. The van der Waals surface area contributed by atoms with E-state index >= 15 is 0 Å². The zero-order chi connectivity index (χ0) is 14.4. The number of carbonyl (C=O) groups is 1. The SMILES string of the molecule is CCCN(C(=O)CSc1ccc(C)cc1)C1CCNC1. The summed E-state index contributed by atoms with van der Waals surface area (Å²) in [7, 11) is 0. The van der Waals surface area contributed by atoms with E-state index in [4.69, 9.17) is 0 Å². The molecular weight excluding hydrogens is 268 g/mol. The van der Waals surface area contributed by atoms with Gasteiger partial charge in [-0.2, -0.15) is 0 Å². The third-order valence-electron chi connectivity index (χ3n) is 3.64. The van der Waals surface area contributed by atoms with Crippen LogP contribution in [0, 0.1) is 6.92 Å². The first kappa shape index (κ1) is 15.4. The van der Waals surface area contributed by atoms with Crippen LogP contribution in [0.5, 0.6) is 0 Å². The summed E-state index contributed by atoms with van der Waals surface area (Å²) in [6, 6.07) is 8.76. The molecule has 1 aromatic rings. The number of hydrogen-bond donors (Lipinski definition) is 1. The lowest BCUT2D eigenvalue weighted by molar-refractivity contribution is -0.130. The van der Waals surface area contributed by atoms with Crippen molar-refractivity contribution in [3.63, 3.8) is 0 Å². The zero-order valence-electron chi connectivity index (χ0n) is 12.4. The topological polar surface area (TPSA) is 32.3 Å². The van der Waals surface area contributed by atoms with Gasteiger partial charge in [0, 0.05) is 24.0 Å². The van der Waals surface area contributed by atoms with Gasteiger partial charge in [-0.25, -0.2) is 0 Å². The summed E-state index contributed by atoms with van der Waals surface area (Å²) >= 11 is 1.64. The number of thioether (sulfide) groups is 1. The molecule has 0 saturated carbocycles. The minimum Gasteiger partial charge on any atom is -0.338 e. The van der Waals surface area contributed by atoms with E-state index in [9.17, 15) is 4.79 Å². The normalized spacial score (nSPS) is 18.2. The Labute approximate surface area is 126 Å². The van der Waals surface area contributed by atoms with Crippen molar-refractivity contribution in [3.8, 4) is 0 Å². The molecule has 3 nitrogen and oxygen atoms in total. The van der Waals surface area contributed by atoms with Gasteiger partial charge < -0.3 is 10.2 Å². The fourth-order valence-corrected chi connectivity index (χ4v) is 3.30. The number of nitrogens with one attached hydrogen (secondary N) is 1. The molecule has 1 saturated heterocycles. The van der Waals surface area contributed by atoms with Crippen LogP contribution in [0.4, 0.5) is 0 Å². The van der Waals surface area contributed by atoms with Crippen molar-refractivity contribution in [2.24, 2.45) is 0 Å². The van der Waals surface area contributed by atoms with Crippen LogP contribution >= 0.6 is 11.8 Å². The van der Waals surface area contributed by atoms with Crippen molar-refractivity contribution in [2.75, 3.05) is 25.4 Å². The lowest BCUT2D eigenvalue weighted by atomic mass is 10.2. The van der Waals surface area contributed by atoms with Crippen LogP contribution in [0.1, 0.15) is 25.3 Å². The van der Waals surface area contributed by atoms with Gasteiger partial charge in [-0.05, 0) is 38.4 Å². The molecule has 4 heteroatoms. The second-order valence-corrected chi connectivity index (χ2v) is 6.38. The van der Waals surface area contributed by atoms with E-state index in [2.05, 4.69) is 48.3 Å². The third-order valence-corrected chi connectivity index (χ3v) is 4.64. The Morgan fingerprint density at radius 3 is 2.75 bits per heavy atom. The number of aryl methyl sites for hydroxylation is 1. The summed E-state index contributed by atoms with van der Waals surface area (Å²) < 4.78 is 0. The Kier molecular flexibility index (Phi) is 5.92. The molecule has 1 unspecified atom stereocenters. The number of hydrogen-bond acceptors (Lipinski definition) is 3. The van der Waals surface area contributed by atoms with Crippen LogP contribution in [0.3, 0.4) is 0 Å². The van der Waals surface area contributed by atoms with Crippen LogP contribution in [0.2, 0.25) is 0 Å². The molecule has 1 amide bonds. The van der Waals surface area contributed by atoms with Gasteiger partial charge in [0.25, 0.3) is 0 Å². The molecule has 1 heterocycles. The highest BCUT2D eigenvalue weighted by Gasteiger charge is 2.25. The molecule has 2 rings (SSSR count). The van der Waals surface area contributed by atoms with Crippen molar-refractivity contribution in [1.82, 2.24) is 10.2 Å². The highest BCUT2D eigenvalue weighted by molar-refractivity contribution is 8.00. The van der Waals surface area contributed by atoms with Gasteiger partial charge >= 0.3 is 0 Å². The van der Waals surface area contributed by atoms with E-state index in [0.717, 1.165) is 32.5 Å². The van der Waals surface area contributed by atoms with E-state index < -0.39 is 0 Å². The summed E-state index contributed by atoms with van der Waals surface area (Å²) in [6.45, 7) is 7.06. The van der Waals surface area contributed by atoms with Crippen molar-refractivity contribution in [2.45, 2.75) is 37.6 Å². The van der Waals surface area contributed by atoms with Crippen molar-refractivity contribution < 1.29 is 4.79 Å². The lowest BCUT2D eigenvalue weighted by Crippen LogP contribution is -2.43. The molecule has 1 fully saturated rings. The van der Waals surface area contributed by atoms with Crippen molar-refractivity contribution in [3.05, 3.63) is 29.8 Å². The third kappa shape index (κ3) is 4.25. The summed E-state index contributed by atoms with van der Waals surface area (Å²) in [5.41, 5.74) is 1.25. The molecule has 0 spiro atoms. The first-order valence-electron chi connectivity index (χ1n) is 7.40. The summed E-state index contributed by atoms with van der Waals surface area (Å²) in [4.78, 5) is 15.7. The van der Waals surface area contributed by atoms with Crippen LogP contribution in [0.25, 0.3) is 0 Å². The molecule has 1 N–H and O–H groups in total. The average Bonchev–Trinajstić information content (AvgIpc) is 2.97. The van der Waals surface area contributed by atoms with Gasteiger partial charge in [-0.1, -0.05) is 24.6 Å². The van der Waals surface area contributed by atoms with Crippen LogP contribution < -0.4 is 5.32 Å².